The first-order valence-corrected chi connectivity index (χ1v) is 5.81. The van der Waals surface area contributed by atoms with Gasteiger partial charge in [0.05, 0.1) is 6.10 Å². The van der Waals surface area contributed by atoms with Crippen LogP contribution in [0.5, 0.6) is 0 Å². The number of amides is 2. The van der Waals surface area contributed by atoms with Gasteiger partial charge in [0.2, 0.25) is 0 Å². The topological polar surface area (TPSA) is 89.9 Å². The zero-order valence-electron chi connectivity index (χ0n) is 10.4. The molecule has 0 radical (unpaired) electrons. The molecule has 3 N–H and O–H groups in total. The molecule has 6 heteroatoms. The van der Waals surface area contributed by atoms with Crippen LogP contribution in [0.15, 0.2) is 0 Å². The van der Waals surface area contributed by atoms with Crippen molar-refractivity contribution >= 4 is 12.0 Å². The number of aliphatic hydroxyl groups is 1. The number of carbonyl (C=O) groups excluding carboxylic acids is 1. The van der Waals surface area contributed by atoms with Gasteiger partial charge in [0.1, 0.15) is 6.04 Å². The van der Waals surface area contributed by atoms with Crippen LogP contribution in [0.3, 0.4) is 0 Å². The molecule has 1 saturated heterocycles. The quantitative estimate of drug-likeness (QED) is 0.664. The smallest absolute Gasteiger partial charge is 0.326 e. The van der Waals surface area contributed by atoms with E-state index in [4.69, 9.17) is 5.11 Å². The van der Waals surface area contributed by atoms with Gasteiger partial charge in [0.15, 0.2) is 0 Å². The SMILES string of the molecule is CC(C)C(C)NC(=O)N1C[C@H](O)C[C@H]1C(=O)O. The van der Waals surface area contributed by atoms with E-state index in [1.807, 2.05) is 20.8 Å². The predicted octanol–water partition coefficient (Wildman–Crippen LogP) is 0.260. The van der Waals surface area contributed by atoms with Crippen molar-refractivity contribution in [3.63, 3.8) is 0 Å². The van der Waals surface area contributed by atoms with E-state index in [9.17, 15) is 14.7 Å². The highest BCUT2D eigenvalue weighted by Crippen LogP contribution is 2.18. The van der Waals surface area contributed by atoms with Crippen LogP contribution >= 0.6 is 0 Å². The van der Waals surface area contributed by atoms with Gasteiger partial charge in [-0.25, -0.2) is 9.59 Å². The second-order valence-electron chi connectivity index (χ2n) is 4.88. The molecule has 0 bridgehead atoms. The van der Waals surface area contributed by atoms with Crippen LogP contribution < -0.4 is 5.32 Å². The number of nitrogens with zero attached hydrogens (tertiary/aromatic N) is 1. The Morgan fingerprint density at radius 1 is 1.35 bits per heavy atom. The molecular weight excluding hydrogens is 224 g/mol. The second-order valence-corrected chi connectivity index (χ2v) is 4.88. The first-order valence-electron chi connectivity index (χ1n) is 5.81. The van der Waals surface area contributed by atoms with E-state index in [0.717, 1.165) is 0 Å². The van der Waals surface area contributed by atoms with Crippen molar-refractivity contribution in [3.05, 3.63) is 0 Å². The number of carboxylic acids is 1. The molecule has 98 valence electrons. The molecule has 1 heterocycles. The third kappa shape index (κ3) is 3.33. The number of aliphatic carboxylic acids is 1. The van der Waals surface area contributed by atoms with Crippen molar-refractivity contribution < 1.29 is 19.8 Å². The van der Waals surface area contributed by atoms with Crippen molar-refractivity contribution in [2.45, 2.75) is 45.4 Å². The summed E-state index contributed by atoms with van der Waals surface area (Å²) in [5.74, 6) is -0.802. The Hall–Kier alpha value is -1.30. The largest absolute Gasteiger partial charge is 0.480 e. The molecule has 0 saturated carbocycles. The lowest BCUT2D eigenvalue weighted by molar-refractivity contribution is -0.141. The van der Waals surface area contributed by atoms with Crippen molar-refractivity contribution in [2.24, 2.45) is 5.92 Å². The Bertz CT molecular complexity index is 306. The van der Waals surface area contributed by atoms with E-state index in [0.29, 0.717) is 0 Å². The molecule has 1 aliphatic rings. The number of hydrogen-bond acceptors (Lipinski definition) is 3. The van der Waals surface area contributed by atoms with Crippen molar-refractivity contribution in [3.8, 4) is 0 Å². The molecule has 0 aromatic rings. The summed E-state index contributed by atoms with van der Waals surface area (Å²) in [7, 11) is 0. The zero-order chi connectivity index (χ0) is 13.2. The Morgan fingerprint density at radius 3 is 2.41 bits per heavy atom. The van der Waals surface area contributed by atoms with Gasteiger partial charge in [0, 0.05) is 19.0 Å². The summed E-state index contributed by atoms with van der Waals surface area (Å²) in [5, 5.41) is 21.1. The number of aliphatic hydroxyl groups excluding tert-OH is 1. The summed E-state index contributed by atoms with van der Waals surface area (Å²) < 4.78 is 0. The van der Waals surface area contributed by atoms with Crippen LogP contribution in [-0.2, 0) is 4.79 Å². The molecule has 0 aromatic carbocycles. The number of likely N-dealkylation sites (tertiary alicyclic amines) is 1. The zero-order valence-corrected chi connectivity index (χ0v) is 10.4. The number of urea groups is 1. The summed E-state index contributed by atoms with van der Waals surface area (Å²) in [6.07, 6.45) is -0.657. The lowest BCUT2D eigenvalue weighted by Gasteiger charge is -2.25. The standard InChI is InChI=1S/C11H20N2O4/c1-6(2)7(3)12-11(17)13-5-8(14)4-9(13)10(15)16/h6-9,14H,4-5H2,1-3H3,(H,12,17)(H,15,16)/t7?,8-,9+/m1/s1. The van der Waals surface area contributed by atoms with Gasteiger partial charge in [-0.2, -0.15) is 0 Å². The average Bonchev–Trinajstić information content (AvgIpc) is 2.60. The molecule has 1 unspecified atom stereocenters. The normalized spacial score (nSPS) is 26.1. The van der Waals surface area contributed by atoms with Crippen LogP contribution in [0.25, 0.3) is 0 Å². The van der Waals surface area contributed by atoms with E-state index in [1.165, 1.54) is 4.90 Å². The number of carbonyl (C=O) groups is 2. The van der Waals surface area contributed by atoms with E-state index in [-0.39, 0.29) is 24.9 Å². The van der Waals surface area contributed by atoms with Gasteiger partial charge in [-0.05, 0) is 12.8 Å². The second kappa shape index (κ2) is 5.35. The Labute approximate surface area is 101 Å². The van der Waals surface area contributed by atoms with Gasteiger partial charge in [-0.1, -0.05) is 13.8 Å². The third-order valence-electron chi connectivity index (χ3n) is 3.18. The molecule has 0 aliphatic carbocycles. The monoisotopic (exact) mass is 244 g/mol. The van der Waals surface area contributed by atoms with Gasteiger partial charge in [0.25, 0.3) is 0 Å². The fourth-order valence-electron chi connectivity index (χ4n) is 1.72. The Balaban J connectivity index is 2.64. The Kier molecular flexibility index (Phi) is 4.34. The lowest BCUT2D eigenvalue weighted by atomic mass is 10.1. The maximum atomic E-state index is 11.9. The summed E-state index contributed by atoms with van der Waals surface area (Å²) in [6, 6.07) is -1.38. The number of hydrogen-bond donors (Lipinski definition) is 3. The molecule has 6 nitrogen and oxygen atoms in total. The lowest BCUT2D eigenvalue weighted by Crippen LogP contribution is -2.49. The molecule has 0 aromatic heterocycles. The van der Waals surface area contributed by atoms with Gasteiger partial charge >= 0.3 is 12.0 Å². The van der Waals surface area contributed by atoms with Crippen LogP contribution in [0.1, 0.15) is 27.2 Å². The van der Waals surface area contributed by atoms with Gasteiger partial charge in [-0.3, -0.25) is 0 Å². The fourth-order valence-corrected chi connectivity index (χ4v) is 1.72. The number of nitrogens with one attached hydrogen (secondary N) is 1. The van der Waals surface area contributed by atoms with Crippen LogP contribution in [-0.4, -0.2) is 51.8 Å². The van der Waals surface area contributed by atoms with Gasteiger partial charge < -0.3 is 20.4 Å². The molecular formula is C11H20N2O4. The molecule has 0 spiro atoms. The number of rotatable bonds is 3. The highest BCUT2D eigenvalue weighted by Gasteiger charge is 2.39. The molecule has 1 rings (SSSR count). The predicted molar refractivity (Wildman–Crippen MR) is 61.6 cm³/mol. The first kappa shape index (κ1) is 13.8. The average molecular weight is 244 g/mol. The first-order chi connectivity index (χ1) is 7.82. The Morgan fingerprint density at radius 2 is 1.94 bits per heavy atom. The van der Waals surface area contributed by atoms with Gasteiger partial charge in [-0.15, -0.1) is 0 Å². The van der Waals surface area contributed by atoms with E-state index < -0.39 is 24.1 Å². The van der Waals surface area contributed by atoms with Crippen molar-refractivity contribution in [2.75, 3.05) is 6.54 Å². The fraction of sp³-hybridized carbons (Fsp3) is 0.818. The maximum absolute atomic E-state index is 11.9. The molecule has 17 heavy (non-hydrogen) atoms. The molecule has 1 fully saturated rings. The molecule has 2 amide bonds. The summed E-state index contributed by atoms with van der Waals surface area (Å²) >= 11 is 0. The van der Waals surface area contributed by atoms with Crippen molar-refractivity contribution in [1.29, 1.82) is 0 Å². The van der Waals surface area contributed by atoms with Crippen LogP contribution in [0.4, 0.5) is 4.79 Å². The summed E-state index contributed by atoms with van der Waals surface area (Å²) in [5.41, 5.74) is 0. The van der Waals surface area contributed by atoms with E-state index in [2.05, 4.69) is 5.32 Å². The highest BCUT2D eigenvalue weighted by atomic mass is 16.4. The number of β-amino-alcohol motifs (C(OH)–C–C–N with tert-alkyl or cyclic N) is 1. The van der Waals surface area contributed by atoms with E-state index >= 15 is 0 Å². The summed E-state index contributed by atoms with van der Waals surface area (Å²) in [6.45, 7) is 5.88. The van der Waals surface area contributed by atoms with Crippen LogP contribution in [0.2, 0.25) is 0 Å². The minimum atomic E-state index is -1.08. The van der Waals surface area contributed by atoms with Crippen LogP contribution in [0, 0.1) is 5.92 Å². The highest BCUT2D eigenvalue weighted by molar-refractivity contribution is 5.83. The summed E-state index contributed by atoms with van der Waals surface area (Å²) in [4.78, 5) is 24.0. The maximum Gasteiger partial charge on any atom is 0.326 e. The number of carboxylic acid groups (broad SMARTS) is 1. The van der Waals surface area contributed by atoms with Crippen molar-refractivity contribution in [1.82, 2.24) is 10.2 Å². The molecule has 1 aliphatic heterocycles. The third-order valence-corrected chi connectivity index (χ3v) is 3.18. The molecule has 3 atom stereocenters. The minimum Gasteiger partial charge on any atom is -0.480 e. The van der Waals surface area contributed by atoms with E-state index in [1.54, 1.807) is 0 Å². The minimum absolute atomic E-state index is 0.0327.